The fourth-order valence-electron chi connectivity index (χ4n) is 4.82. The second-order valence-corrected chi connectivity index (χ2v) is 8.47. The number of aliphatic hydroxyl groups is 2. The van der Waals surface area contributed by atoms with E-state index in [0.717, 1.165) is 43.7 Å². The highest BCUT2D eigenvalue weighted by Gasteiger charge is 2.43. The van der Waals surface area contributed by atoms with Crippen molar-refractivity contribution in [2.24, 2.45) is 0 Å². The van der Waals surface area contributed by atoms with E-state index in [1.165, 1.54) is 17.7 Å². The third kappa shape index (κ3) is 3.61. The van der Waals surface area contributed by atoms with E-state index in [1.807, 2.05) is 12.1 Å². The number of nitrogens with zero attached hydrogens (tertiary/aromatic N) is 1. The predicted octanol–water partition coefficient (Wildman–Crippen LogP) is 3.14. The van der Waals surface area contributed by atoms with Crippen LogP contribution in [0.25, 0.3) is 0 Å². The van der Waals surface area contributed by atoms with Crippen LogP contribution in [-0.4, -0.2) is 47.0 Å². The molecule has 2 aromatic rings. The summed E-state index contributed by atoms with van der Waals surface area (Å²) >= 11 is 0. The number of β-amino-alcohol motifs (C(OH)–C–C–N with tert-alkyl or cyclic N) is 1. The zero-order valence-corrected chi connectivity index (χ0v) is 16.3. The zero-order valence-electron chi connectivity index (χ0n) is 16.3. The van der Waals surface area contributed by atoms with Gasteiger partial charge in [0.25, 0.3) is 0 Å². The molecule has 1 fully saturated rings. The zero-order chi connectivity index (χ0) is 20.0. The monoisotopic (exact) mass is 399 g/mol. The Morgan fingerprint density at radius 2 is 1.93 bits per heavy atom. The molecule has 0 bridgehead atoms. The molecule has 2 N–H and O–H groups in total. The Morgan fingerprint density at radius 1 is 1.14 bits per heavy atom. The van der Waals surface area contributed by atoms with Crippen LogP contribution < -0.4 is 9.47 Å². The maximum Gasteiger partial charge on any atom is 0.126 e. The van der Waals surface area contributed by atoms with E-state index in [1.54, 1.807) is 6.07 Å². The lowest BCUT2D eigenvalue weighted by Gasteiger charge is -2.46. The van der Waals surface area contributed by atoms with Crippen molar-refractivity contribution < 1.29 is 24.1 Å². The lowest BCUT2D eigenvalue weighted by atomic mass is 9.81. The molecule has 5 nitrogen and oxygen atoms in total. The topological polar surface area (TPSA) is 62.2 Å². The van der Waals surface area contributed by atoms with Crippen molar-refractivity contribution in [3.05, 3.63) is 58.9 Å². The lowest BCUT2D eigenvalue weighted by Crippen LogP contribution is -2.51. The van der Waals surface area contributed by atoms with Gasteiger partial charge in [0.2, 0.25) is 0 Å². The SMILES string of the molecule is O[C@@H]1CC2(CCN(C[C@H](O)c3ccc4c(c3)CCO4)CC2)Oc2ccc(F)cc21. The number of hydrogen-bond donors (Lipinski definition) is 2. The van der Waals surface area contributed by atoms with E-state index < -0.39 is 17.8 Å². The minimum absolute atomic E-state index is 0.357. The average molecular weight is 399 g/mol. The van der Waals surface area contributed by atoms with E-state index in [9.17, 15) is 14.6 Å². The first-order chi connectivity index (χ1) is 14.0. The van der Waals surface area contributed by atoms with Crippen LogP contribution in [0.3, 0.4) is 0 Å². The van der Waals surface area contributed by atoms with Gasteiger partial charge in [-0.15, -0.1) is 0 Å². The van der Waals surface area contributed by atoms with Gasteiger partial charge >= 0.3 is 0 Å². The van der Waals surface area contributed by atoms with Crippen molar-refractivity contribution in [3.63, 3.8) is 0 Å². The Morgan fingerprint density at radius 3 is 2.76 bits per heavy atom. The first kappa shape index (κ1) is 18.9. The molecule has 0 saturated carbocycles. The molecule has 0 unspecified atom stereocenters. The van der Waals surface area contributed by atoms with Crippen molar-refractivity contribution >= 4 is 0 Å². The van der Waals surface area contributed by atoms with E-state index in [4.69, 9.17) is 9.47 Å². The smallest absolute Gasteiger partial charge is 0.126 e. The molecule has 154 valence electrons. The van der Waals surface area contributed by atoms with Gasteiger partial charge in [-0.05, 0) is 54.3 Å². The number of piperidine rings is 1. The number of aliphatic hydroxyl groups excluding tert-OH is 2. The second-order valence-electron chi connectivity index (χ2n) is 8.47. The van der Waals surface area contributed by atoms with Gasteiger partial charge in [-0.1, -0.05) is 6.07 Å². The third-order valence-corrected chi connectivity index (χ3v) is 6.52. The fourth-order valence-corrected chi connectivity index (χ4v) is 4.82. The normalized spacial score (nSPS) is 23.8. The summed E-state index contributed by atoms with van der Waals surface area (Å²) in [6.07, 6.45) is 1.66. The van der Waals surface area contributed by atoms with Gasteiger partial charge in [0.15, 0.2) is 0 Å². The van der Waals surface area contributed by atoms with Gasteiger partial charge in [-0.2, -0.15) is 0 Å². The lowest BCUT2D eigenvalue weighted by molar-refractivity contribution is -0.0589. The third-order valence-electron chi connectivity index (χ3n) is 6.52. The summed E-state index contributed by atoms with van der Waals surface area (Å²) in [6.45, 7) is 2.85. The van der Waals surface area contributed by atoms with Crippen LogP contribution in [0.1, 0.15) is 48.2 Å². The minimum atomic E-state index is -0.708. The molecule has 29 heavy (non-hydrogen) atoms. The van der Waals surface area contributed by atoms with E-state index >= 15 is 0 Å². The molecule has 1 spiro atoms. The first-order valence-corrected chi connectivity index (χ1v) is 10.3. The predicted molar refractivity (Wildman–Crippen MR) is 106 cm³/mol. The summed E-state index contributed by atoms with van der Waals surface area (Å²) in [7, 11) is 0. The van der Waals surface area contributed by atoms with Crippen LogP contribution in [0.15, 0.2) is 36.4 Å². The number of benzene rings is 2. The summed E-state index contributed by atoms with van der Waals surface area (Å²) in [6, 6.07) is 10.3. The number of ether oxygens (including phenoxy) is 2. The summed E-state index contributed by atoms with van der Waals surface area (Å²) < 4.78 is 25.3. The van der Waals surface area contributed by atoms with Crippen molar-refractivity contribution in [2.45, 2.75) is 43.5 Å². The minimum Gasteiger partial charge on any atom is -0.493 e. The van der Waals surface area contributed by atoms with Crippen LogP contribution in [-0.2, 0) is 6.42 Å². The maximum atomic E-state index is 13.5. The van der Waals surface area contributed by atoms with E-state index in [-0.39, 0.29) is 5.82 Å². The largest absolute Gasteiger partial charge is 0.493 e. The first-order valence-electron chi connectivity index (χ1n) is 10.3. The number of likely N-dealkylation sites (tertiary alicyclic amines) is 1. The van der Waals surface area contributed by atoms with Crippen LogP contribution >= 0.6 is 0 Å². The van der Waals surface area contributed by atoms with Gasteiger partial charge in [0.05, 0.1) is 18.8 Å². The Balaban J connectivity index is 1.22. The summed E-state index contributed by atoms with van der Waals surface area (Å²) in [5.74, 6) is 1.15. The van der Waals surface area contributed by atoms with Crippen molar-refractivity contribution in [1.29, 1.82) is 0 Å². The molecular weight excluding hydrogens is 373 g/mol. The number of halogens is 1. The molecule has 2 aromatic carbocycles. The molecular formula is C23H26FNO4. The highest BCUT2D eigenvalue weighted by atomic mass is 19.1. The van der Waals surface area contributed by atoms with E-state index in [0.29, 0.717) is 30.9 Å². The van der Waals surface area contributed by atoms with Crippen molar-refractivity contribution in [2.75, 3.05) is 26.2 Å². The number of hydrogen-bond acceptors (Lipinski definition) is 5. The van der Waals surface area contributed by atoms with E-state index in [2.05, 4.69) is 11.0 Å². The fraction of sp³-hybridized carbons (Fsp3) is 0.478. The molecule has 3 aliphatic rings. The molecule has 3 aliphatic heterocycles. The Labute approximate surface area is 169 Å². The molecule has 0 aromatic heterocycles. The molecule has 0 aliphatic carbocycles. The van der Waals surface area contributed by atoms with Crippen molar-refractivity contribution in [3.8, 4) is 11.5 Å². The highest BCUT2D eigenvalue weighted by Crippen LogP contribution is 2.44. The summed E-state index contributed by atoms with van der Waals surface area (Å²) in [5.41, 5.74) is 2.21. The molecule has 1 saturated heterocycles. The van der Waals surface area contributed by atoms with Gasteiger partial charge in [-0.25, -0.2) is 4.39 Å². The molecule has 2 atom stereocenters. The summed E-state index contributed by atoms with van der Waals surface area (Å²) in [4.78, 5) is 2.25. The average Bonchev–Trinajstić information content (AvgIpc) is 3.18. The number of rotatable bonds is 3. The quantitative estimate of drug-likeness (QED) is 0.830. The van der Waals surface area contributed by atoms with Gasteiger partial charge < -0.3 is 24.6 Å². The van der Waals surface area contributed by atoms with Crippen LogP contribution in [0, 0.1) is 5.82 Å². The maximum absolute atomic E-state index is 13.5. The molecule has 0 amide bonds. The Hall–Kier alpha value is -2.15. The van der Waals surface area contributed by atoms with Gasteiger partial charge in [0.1, 0.15) is 22.9 Å². The highest BCUT2D eigenvalue weighted by molar-refractivity contribution is 5.41. The molecule has 3 heterocycles. The molecule has 0 radical (unpaired) electrons. The summed E-state index contributed by atoms with van der Waals surface area (Å²) in [5, 5.41) is 21.2. The van der Waals surface area contributed by atoms with Gasteiger partial charge in [-0.3, -0.25) is 0 Å². The van der Waals surface area contributed by atoms with Gasteiger partial charge in [0, 0.05) is 38.0 Å². The van der Waals surface area contributed by atoms with Crippen LogP contribution in [0.2, 0.25) is 0 Å². The van der Waals surface area contributed by atoms with Crippen LogP contribution in [0.4, 0.5) is 4.39 Å². The van der Waals surface area contributed by atoms with Crippen molar-refractivity contribution in [1.82, 2.24) is 4.90 Å². The number of fused-ring (bicyclic) bond motifs is 2. The molecule has 6 heteroatoms. The molecule has 5 rings (SSSR count). The Bertz CT molecular complexity index is 910. The van der Waals surface area contributed by atoms with Crippen LogP contribution in [0.5, 0.6) is 11.5 Å². The Kier molecular flexibility index (Phi) is 4.73. The second kappa shape index (κ2) is 7.27. The standard InChI is InChI=1S/C23H26FNO4/c24-17-2-4-22-18(12-17)19(26)13-23(29-22)6-8-25(9-7-23)14-20(27)15-1-3-21-16(11-15)5-10-28-21/h1-4,11-12,19-20,26-27H,5-10,13-14H2/t19-,20+/m1/s1.